The van der Waals surface area contributed by atoms with Crippen LogP contribution in [0.4, 0.5) is 5.69 Å². The number of benzene rings is 2. The number of thiophene rings is 1. The Morgan fingerprint density at radius 2 is 1.79 bits per heavy atom. The average molecular weight is 472 g/mol. The first kappa shape index (κ1) is 21.3. The minimum absolute atomic E-state index is 0.144. The normalized spacial score (nSPS) is 15.8. The molecule has 7 heteroatoms. The first-order chi connectivity index (χ1) is 16.0. The fraction of sp³-hybridized carbons (Fsp3) is 0.115. The van der Waals surface area contributed by atoms with Crippen molar-refractivity contribution in [2.45, 2.75) is 19.9 Å². The number of nitrogens with one attached hydrogen (secondary N) is 1. The van der Waals surface area contributed by atoms with Crippen LogP contribution in [0.1, 0.15) is 29.0 Å². The second kappa shape index (κ2) is 8.77. The summed E-state index contributed by atoms with van der Waals surface area (Å²) >= 11 is 2.88. The molecule has 1 aliphatic rings. The van der Waals surface area contributed by atoms with Crippen molar-refractivity contribution in [3.05, 3.63) is 119 Å². The number of amides is 1. The lowest BCUT2D eigenvalue weighted by atomic mass is 10.0. The summed E-state index contributed by atoms with van der Waals surface area (Å²) in [6.07, 6.45) is 1.88. The summed E-state index contributed by atoms with van der Waals surface area (Å²) in [6, 6.07) is 20.8. The molecule has 5 nitrogen and oxygen atoms in total. The SMILES string of the molecule is CC1=C(C(=O)Nc2ccccc2C)[C@@H](c2cccs2)n2c(s/c(=C/c3ccccc3)c2=O)=N1. The number of para-hydroxylation sites is 1. The number of anilines is 1. The van der Waals surface area contributed by atoms with Crippen molar-refractivity contribution < 1.29 is 4.79 Å². The van der Waals surface area contributed by atoms with E-state index in [4.69, 9.17) is 0 Å². The fourth-order valence-electron chi connectivity index (χ4n) is 3.93. The zero-order valence-electron chi connectivity index (χ0n) is 18.1. The molecule has 164 valence electrons. The quantitative estimate of drug-likeness (QED) is 0.484. The molecule has 2 aromatic carbocycles. The standard InChI is InChI=1S/C26H21N3O2S2/c1-16-9-6-7-12-19(16)28-24(30)22-17(2)27-26-29(23(22)20-13-8-14-32-20)25(31)21(33-26)15-18-10-4-3-5-11-18/h3-15,23H,1-2H3,(H,28,30)/b21-15+/t23-/m1/s1. The van der Waals surface area contributed by atoms with Gasteiger partial charge in [0.05, 0.1) is 15.8 Å². The summed E-state index contributed by atoms with van der Waals surface area (Å²) in [7, 11) is 0. The molecule has 0 unspecified atom stereocenters. The van der Waals surface area contributed by atoms with Gasteiger partial charge in [-0.25, -0.2) is 4.99 Å². The summed E-state index contributed by atoms with van der Waals surface area (Å²) in [5.41, 5.74) is 3.62. The Hall–Kier alpha value is -3.55. The van der Waals surface area contributed by atoms with E-state index in [-0.39, 0.29) is 11.5 Å². The number of aryl methyl sites for hydroxylation is 1. The van der Waals surface area contributed by atoms with Gasteiger partial charge in [0, 0.05) is 10.6 Å². The van der Waals surface area contributed by atoms with Crippen LogP contribution in [0.15, 0.2) is 93.2 Å². The molecule has 1 N–H and O–H groups in total. The van der Waals surface area contributed by atoms with Gasteiger partial charge in [-0.05, 0) is 48.6 Å². The Kier molecular flexibility index (Phi) is 5.66. The van der Waals surface area contributed by atoms with Gasteiger partial charge in [0.2, 0.25) is 0 Å². The summed E-state index contributed by atoms with van der Waals surface area (Å²) in [6.45, 7) is 3.79. The highest BCUT2D eigenvalue weighted by atomic mass is 32.1. The monoisotopic (exact) mass is 471 g/mol. The molecular weight excluding hydrogens is 450 g/mol. The van der Waals surface area contributed by atoms with E-state index in [1.54, 1.807) is 4.57 Å². The number of hydrogen-bond donors (Lipinski definition) is 1. The van der Waals surface area contributed by atoms with E-state index in [9.17, 15) is 9.59 Å². The molecule has 0 spiro atoms. The van der Waals surface area contributed by atoms with E-state index in [2.05, 4.69) is 10.3 Å². The molecular formula is C26H21N3O2S2. The molecule has 1 amide bonds. The van der Waals surface area contributed by atoms with Crippen LogP contribution in [-0.2, 0) is 4.79 Å². The van der Waals surface area contributed by atoms with E-state index < -0.39 is 6.04 Å². The Bertz CT molecular complexity index is 1550. The lowest BCUT2D eigenvalue weighted by molar-refractivity contribution is -0.113. The molecule has 1 atom stereocenters. The van der Waals surface area contributed by atoms with Crippen molar-refractivity contribution in [2.75, 3.05) is 5.32 Å². The molecule has 1 aliphatic heterocycles. The van der Waals surface area contributed by atoms with Crippen LogP contribution in [0.5, 0.6) is 0 Å². The van der Waals surface area contributed by atoms with E-state index in [0.29, 0.717) is 20.6 Å². The third kappa shape index (κ3) is 4.01. The van der Waals surface area contributed by atoms with Gasteiger partial charge in [-0.15, -0.1) is 11.3 Å². The molecule has 0 saturated carbocycles. The van der Waals surface area contributed by atoms with Crippen molar-refractivity contribution in [2.24, 2.45) is 4.99 Å². The zero-order valence-corrected chi connectivity index (χ0v) is 19.7. The number of thiazole rings is 1. The third-order valence-electron chi connectivity index (χ3n) is 5.57. The van der Waals surface area contributed by atoms with Crippen LogP contribution in [0.2, 0.25) is 0 Å². The second-order valence-electron chi connectivity index (χ2n) is 7.78. The molecule has 0 saturated heterocycles. The number of aromatic nitrogens is 1. The molecule has 0 radical (unpaired) electrons. The van der Waals surface area contributed by atoms with E-state index in [0.717, 1.165) is 21.7 Å². The van der Waals surface area contributed by atoms with Crippen LogP contribution in [0.3, 0.4) is 0 Å². The highest BCUT2D eigenvalue weighted by molar-refractivity contribution is 7.10. The van der Waals surface area contributed by atoms with Crippen molar-refractivity contribution in [1.82, 2.24) is 4.57 Å². The maximum Gasteiger partial charge on any atom is 0.271 e. The topological polar surface area (TPSA) is 63.5 Å². The zero-order chi connectivity index (χ0) is 22.9. The first-order valence-electron chi connectivity index (χ1n) is 10.5. The van der Waals surface area contributed by atoms with Crippen molar-refractivity contribution in [3.63, 3.8) is 0 Å². The van der Waals surface area contributed by atoms with Gasteiger partial charge in [0.25, 0.3) is 11.5 Å². The molecule has 4 aromatic rings. The van der Waals surface area contributed by atoms with Crippen molar-refractivity contribution in [3.8, 4) is 0 Å². The average Bonchev–Trinajstić information content (AvgIpc) is 3.44. The summed E-state index contributed by atoms with van der Waals surface area (Å²) < 4.78 is 2.25. The predicted molar refractivity (Wildman–Crippen MR) is 134 cm³/mol. The molecule has 0 aliphatic carbocycles. The number of fused-ring (bicyclic) bond motifs is 1. The molecule has 33 heavy (non-hydrogen) atoms. The van der Waals surface area contributed by atoms with Crippen LogP contribution < -0.4 is 20.2 Å². The molecule has 0 fully saturated rings. The van der Waals surface area contributed by atoms with Crippen LogP contribution in [0, 0.1) is 6.92 Å². The van der Waals surface area contributed by atoms with Crippen LogP contribution in [-0.4, -0.2) is 10.5 Å². The maximum absolute atomic E-state index is 13.5. The number of nitrogens with zero attached hydrogens (tertiary/aromatic N) is 2. The maximum atomic E-state index is 13.5. The minimum Gasteiger partial charge on any atom is -0.322 e. The smallest absolute Gasteiger partial charge is 0.271 e. The minimum atomic E-state index is -0.525. The molecule has 0 bridgehead atoms. The second-order valence-corrected chi connectivity index (χ2v) is 9.77. The lowest BCUT2D eigenvalue weighted by Crippen LogP contribution is -2.40. The lowest BCUT2D eigenvalue weighted by Gasteiger charge is -2.24. The van der Waals surface area contributed by atoms with Crippen LogP contribution >= 0.6 is 22.7 Å². The summed E-state index contributed by atoms with van der Waals surface area (Å²) in [4.78, 5) is 33.3. The van der Waals surface area contributed by atoms with Gasteiger partial charge in [0.15, 0.2) is 4.80 Å². The highest BCUT2D eigenvalue weighted by Crippen LogP contribution is 2.33. The van der Waals surface area contributed by atoms with Crippen molar-refractivity contribution in [1.29, 1.82) is 0 Å². The molecule has 2 aromatic heterocycles. The van der Waals surface area contributed by atoms with Gasteiger partial charge in [0.1, 0.15) is 6.04 Å². The van der Waals surface area contributed by atoms with Crippen molar-refractivity contribution >= 4 is 40.3 Å². The largest absolute Gasteiger partial charge is 0.322 e. The molecule has 3 heterocycles. The van der Waals surface area contributed by atoms with Gasteiger partial charge >= 0.3 is 0 Å². The number of carbonyl (C=O) groups excluding carboxylic acids is 1. The van der Waals surface area contributed by atoms with E-state index >= 15 is 0 Å². The van der Waals surface area contributed by atoms with E-state index in [1.807, 2.05) is 92.0 Å². The Morgan fingerprint density at radius 1 is 1.03 bits per heavy atom. The van der Waals surface area contributed by atoms with Crippen LogP contribution in [0.25, 0.3) is 6.08 Å². The first-order valence-corrected chi connectivity index (χ1v) is 12.2. The van der Waals surface area contributed by atoms with E-state index in [1.165, 1.54) is 22.7 Å². The fourth-order valence-corrected chi connectivity index (χ4v) is 5.80. The number of hydrogen-bond acceptors (Lipinski definition) is 5. The number of allylic oxidation sites excluding steroid dienone is 1. The highest BCUT2D eigenvalue weighted by Gasteiger charge is 2.33. The Labute approximate surface area is 198 Å². The third-order valence-corrected chi connectivity index (χ3v) is 7.48. The van der Waals surface area contributed by atoms with Gasteiger partial charge < -0.3 is 5.32 Å². The van der Waals surface area contributed by atoms with Gasteiger partial charge in [-0.1, -0.05) is 65.9 Å². The summed E-state index contributed by atoms with van der Waals surface area (Å²) in [5, 5.41) is 4.99. The molecule has 5 rings (SSSR count). The Morgan fingerprint density at radius 3 is 2.52 bits per heavy atom. The number of rotatable bonds is 4. The van der Waals surface area contributed by atoms with Gasteiger partial charge in [-0.2, -0.15) is 0 Å². The predicted octanol–water partition coefficient (Wildman–Crippen LogP) is 4.24. The Balaban J connectivity index is 1.66. The van der Waals surface area contributed by atoms with Gasteiger partial charge in [-0.3, -0.25) is 14.2 Å². The summed E-state index contributed by atoms with van der Waals surface area (Å²) in [5.74, 6) is -0.249. The number of carbonyl (C=O) groups is 1.